The van der Waals surface area contributed by atoms with Crippen molar-refractivity contribution in [3.8, 4) is 78.7 Å². The Hall–Kier alpha value is -6.45. The van der Waals surface area contributed by atoms with Crippen LogP contribution in [0.25, 0.3) is 78.7 Å². The monoisotopic (exact) mass is 693 g/mol. The van der Waals surface area contributed by atoms with Crippen LogP contribution in [0.15, 0.2) is 176 Å². The summed E-state index contributed by atoms with van der Waals surface area (Å²) >= 11 is 0. The summed E-state index contributed by atoms with van der Waals surface area (Å²) in [5, 5.41) is 0. The number of fused-ring (bicyclic) bond motifs is 5. The molecule has 0 radical (unpaired) electrons. The number of hydrogen-bond donors (Lipinski definition) is 0. The van der Waals surface area contributed by atoms with Gasteiger partial charge in [-0.2, -0.15) is 0 Å². The minimum absolute atomic E-state index is 0.108. The number of benzene rings is 7. The lowest BCUT2D eigenvalue weighted by molar-refractivity contribution is 0.353. The molecule has 0 amide bonds. The molecular weight excluding hydrogens is 655 g/mol. The Labute approximate surface area is 317 Å². The van der Waals surface area contributed by atoms with E-state index in [2.05, 4.69) is 115 Å². The highest BCUT2D eigenvalue weighted by Gasteiger charge is 2.45. The van der Waals surface area contributed by atoms with Gasteiger partial charge < -0.3 is 0 Å². The second kappa shape index (κ2) is 13.5. The van der Waals surface area contributed by atoms with Gasteiger partial charge in [0.1, 0.15) is 0 Å². The predicted octanol–water partition coefficient (Wildman–Crippen LogP) is 13.1. The molecule has 2 aliphatic carbocycles. The Kier molecular flexibility index (Phi) is 8.06. The van der Waals surface area contributed by atoms with Crippen molar-refractivity contribution in [1.29, 1.82) is 0 Å². The van der Waals surface area contributed by atoms with Crippen molar-refractivity contribution >= 4 is 0 Å². The molecule has 7 aromatic carbocycles. The first-order valence-corrected chi connectivity index (χ1v) is 19.2. The molecule has 0 unspecified atom stereocenters. The lowest BCUT2D eigenvalue weighted by atomic mass is 9.66. The fourth-order valence-electron chi connectivity index (χ4n) is 8.97. The van der Waals surface area contributed by atoms with E-state index in [1.165, 1.54) is 76.6 Å². The molecule has 1 spiro atoms. The normalized spacial score (nSPS) is 14.1. The number of rotatable bonds is 6. The van der Waals surface area contributed by atoms with Gasteiger partial charge in [-0.3, -0.25) is 0 Å². The first-order valence-electron chi connectivity index (χ1n) is 19.2. The van der Waals surface area contributed by atoms with Gasteiger partial charge in [0, 0.05) is 22.1 Å². The molecule has 8 aromatic rings. The van der Waals surface area contributed by atoms with Gasteiger partial charge in [-0.1, -0.05) is 183 Å². The molecule has 54 heavy (non-hydrogen) atoms. The van der Waals surface area contributed by atoms with E-state index in [9.17, 15) is 0 Å². The van der Waals surface area contributed by atoms with E-state index in [4.69, 9.17) is 15.0 Å². The third-order valence-corrected chi connectivity index (χ3v) is 11.5. The zero-order valence-corrected chi connectivity index (χ0v) is 30.1. The summed E-state index contributed by atoms with van der Waals surface area (Å²) in [6.07, 6.45) is 6.36. The zero-order chi connectivity index (χ0) is 35.9. The molecule has 258 valence electrons. The fraction of sp³-hybridized carbons (Fsp3) is 0.118. The standard InChI is InChI=1S/C51H39N3/c1-4-15-36(16-5-1)48-52-49(37-17-6-2-7-18-37)54-50(53-48)38-29-27-35(28-30-38)39-19-12-20-40(33-39)41-21-13-22-42(34-41)43-24-14-25-45-44-23-8-9-26-46(44)51(47(43)45)31-10-3-11-32-51/h1-2,4-9,12-30,33-34H,3,10-11,31-32H2. The fourth-order valence-corrected chi connectivity index (χ4v) is 8.97. The second-order valence-corrected chi connectivity index (χ2v) is 14.7. The van der Waals surface area contributed by atoms with Gasteiger partial charge in [-0.05, 0) is 80.6 Å². The number of nitrogens with zero attached hydrogens (tertiary/aromatic N) is 3. The van der Waals surface area contributed by atoms with Crippen molar-refractivity contribution < 1.29 is 0 Å². The van der Waals surface area contributed by atoms with Crippen LogP contribution in [-0.2, 0) is 5.41 Å². The Morgan fingerprint density at radius 3 is 1.37 bits per heavy atom. The van der Waals surface area contributed by atoms with Crippen LogP contribution in [0.5, 0.6) is 0 Å². The van der Waals surface area contributed by atoms with Gasteiger partial charge in [0.2, 0.25) is 0 Å². The van der Waals surface area contributed by atoms with Gasteiger partial charge in [0.05, 0.1) is 0 Å². The molecule has 10 rings (SSSR count). The first-order chi connectivity index (χ1) is 26.7. The molecule has 1 saturated carbocycles. The maximum absolute atomic E-state index is 4.93. The van der Waals surface area contributed by atoms with Crippen LogP contribution in [0.1, 0.15) is 43.2 Å². The van der Waals surface area contributed by atoms with E-state index in [-0.39, 0.29) is 5.41 Å². The van der Waals surface area contributed by atoms with E-state index >= 15 is 0 Å². The SMILES string of the molecule is c1ccc(-c2nc(-c3ccccc3)nc(-c3ccc(-c4cccc(-c5cccc(-c6cccc7c6C6(CCCCC6)c6ccccc6-7)c5)c4)cc3)n2)cc1. The van der Waals surface area contributed by atoms with Crippen molar-refractivity contribution in [3.63, 3.8) is 0 Å². The van der Waals surface area contributed by atoms with Crippen molar-refractivity contribution in [2.45, 2.75) is 37.5 Å². The van der Waals surface area contributed by atoms with Crippen LogP contribution < -0.4 is 0 Å². The Morgan fingerprint density at radius 2 is 0.741 bits per heavy atom. The molecule has 0 N–H and O–H groups in total. The van der Waals surface area contributed by atoms with Crippen molar-refractivity contribution in [2.24, 2.45) is 0 Å². The van der Waals surface area contributed by atoms with Crippen molar-refractivity contribution in [2.75, 3.05) is 0 Å². The highest BCUT2D eigenvalue weighted by Crippen LogP contribution is 2.58. The third kappa shape index (κ3) is 5.64. The van der Waals surface area contributed by atoms with Gasteiger partial charge in [0.15, 0.2) is 17.5 Å². The summed E-state index contributed by atoms with van der Waals surface area (Å²) in [5.41, 5.74) is 16.3. The molecular formula is C51H39N3. The van der Waals surface area contributed by atoms with Gasteiger partial charge >= 0.3 is 0 Å². The predicted molar refractivity (Wildman–Crippen MR) is 222 cm³/mol. The Bertz CT molecular complexity index is 2560. The maximum Gasteiger partial charge on any atom is 0.164 e. The average Bonchev–Trinajstić information content (AvgIpc) is 3.53. The maximum atomic E-state index is 4.93. The first kappa shape index (κ1) is 32.2. The molecule has 1 heterocycles. The lowest BCUT2D eigenvalue weighted by Crippen LogP contribution is -2.28. The minimum Gasteiger partial charge on any atom is -0.208 e. The highest BCUT2D eigenvalue weighted by atomic mass is 15.0. The molecule has 3 heteroatoms. The second-order valence-electron chi connectivity index (χ2n) is 14.7. The summed E-state index contributed by atoms with van der Waals surface area (Å²) < 4.78 is 0. The summed E-state index contributed by atoms with van der Waals surface area (Å²) in [5.74, 6) is 1.99. The lowest BCUT2D eigenvalue weighted by Gasteiger charge is -2.37. The topological polar surface area (TPSA) is 38.7 Å². The van der Waals surface area contributed by atoms with E-state index in [0.717, 1.165) is 22.3 Å². The molecule has 0 aliphatic heterocycles. The minimum atomic E-state index is 0.108. The molecule has 0 saturated heterocycles. The molecule has 1 fully saturated rings. The summed E-state index contributed by atoms with van der Waals surface area (Å²) in [6, 6.07) is 63.0. The summed E-state index contributed by atoms with van der Waals surface area (Å²) in [4.78, 5) is 14.7. The van der Waals surface area contributed by atoms with E-state index in [1.807, 2.05) is 60.7 Å². The average molecular weight is 694 g/mol. The van der Waals surface area contributed by atoms with E-state index in [0.29, 0.717) is 17.5 Å². The third-order valence-electron chi connectivity index (χ3n) is 11.5. The van der Waals surface area contributed by atoms with Crippen LogP contribution in [-0.4, -0.2) is 15.0 Å². The molecule has 3 nitrogen and oxygen atoms in total. The van der Waals surface area contributed by atoms with Crippen LogP contribution in [0.2, 0.25) is 0 Å². The number of aromatic nitrogens is 3. The zero-order valence-electron chi connectivity index (χ0n) is 30.1. The summed E-state index contributed by atoms with van der Waals surface area (Å²) in [7, 11) is 0. The van der Waals surface area contributed by atoms with Crippen molar-refractivity contribution in [1.82, 2.24) is 15.0 Å². The van der Waals surface area contributed by atoms with E-state index < -0.39 is 0 Å². The van der Waals surface area contributed by atoms with Crippen LogP contribution in [0, 0.1) is 0 Å². The Balaban J connectivity index is 0.985. The van der Waals surface area contributed by atoms with Gasteiger partial charge in [0.25, 0.3) is 0 Å². The quantitative estimate of drug-likeness (QED) is 0.174. The van der Waals surface area contributed by atoms with Crippen LogP contribution in [0.4, 0.5) is 0 Å². The molecule has 1 aromatic heterocycles. The molecule has 2 aliphatic rings. The summed E-state index contributed by atoms with van der Waals surface area (Å²) in [6.45, 7) is 0. The van der Waals surface area contributed by atoms with Crippen LogP contribution in [0.3, 0.4) is 0 Å². The van der Waals surface area contributed by atoms with E-state index in [1.54, 1.807) is 5.56 Å². The van der Waals surface area contributed by atoms with Gasteiger partial charge in [-0.25, -0.2) is 15.0 Å². The largest absolute Gasteiger partial charge is 0.208 e. The highest BCUT2D eigenvalue weighted by molar-refractivity contribution is 5.89. The van der Waals surface area contributed by atoms with Gasteiger partial charge in [-0.15, -0.1) is 0 Å². The molecule has 0 bridgehead atoms. The van der Waals surface area contributed by atoms with Crippen molar-refractivity contribution in [3.05, 3.63) is 187 Å². The number of hydrogen-bond acceptors (Lipinski definition) is 3. The Morgan fingerprint density at radius 1 is 0.315 bits per heavy atom. The smallest absolute Gasteiger partial charge is 0.164 e. The van der Waals surface area contributed by atoms with Crippen LogP contribution >= 0.6 is 0 Å². The molecule has 0 atom stereocenters.